The van der Waals surface area contributed by atoms with Crippen molar-refractivity contribution in [3.63, 3.8) is 0 Å². The number of carboxylic acids is 1. The van der Waals surface area contributed by atoms with Crippen LogP contribution in [0.25, 0.3) is 0 Å². The molecule has 1 atom stereocenters. The van der Waals surface area contributed by atoms with Crippen LogP contribution in [0.15, 0.2) is 10.8 Å². The summed E-state index contributed by atoms with van der Waals surface area (Å²) in [5.74, 6) is -0.0265. The quantitative estimate of drug-likeness (QED) is 0.854. The summed E-state index contributed by atoms with van der Waals surface area (Å²) in [6.45, 7) is 7.67. The number of carboxylic acid groups (broad SMARTS) is 1. The minimum absolute atomic E-state index is 0.0168. The minimum Gasteiger partial charge on any atom is -0.481 e. The number of aromatic nitrogens is 1. The molecule has 1 aromatic heterocycles. The van der Waals surface area contributed by atoms with Gasteiger partial charge in [-0.15, -0.1) is 0 Å². The van der Waals surface area contributed by atoms with E-state index in [1.165, 1.54) is 6.39 Å². The van der Waals surface area contributed by atoms with Gasteiger partial charge < -0.3 is 9.52 Å². The van der Waals surface area contributed by atoms with Crippen LogP contribution in [0.3, 0.4) is 0 Å². The van der Waals surface area contributed by atoms with Gasteiger partial charge in [0.2, 0.25) is 0 Å². The number of oxazole rings is 1. The molecule has 0 spiro atoms. The van der Waals surface area contributed by atoms with E-state index in [0.29, 0.717) is 0 Å². The van der Waals surface area contributed by atoms with Gasteiger partial charge in [0, 0.05) is 5.54 Å². The molecule has 0 saturated heterocycles. The van der Waals surface area contributed by atoms with Crippen molar-refractivity contribution in [2.24, 2.45) is 0 Å². The Hall–Kier alpha value is -1.36. The van der Waals surface area contributed by atoms with E-state index >= 15 is 0 Å². The van der Waals surface area contributed by atoms with Crippen LogP contribution < -0.4 is 0 Å². The summed E-state index contributed by atoms with van der Waals surface area (Å²) in [7, 11) is 1.90. The number of rotatable bonds is 5. The number of hydrogen-bond donors (Lipinski definition) is 1. The fourth-order valence-corrected chi connectivity index (χ4v) is 1.92. The molecule has 96 valence electrons. The van der Waals surface area contributed by atoms with Crippen LogP contribution in [0.4, 0.5) is 0 Å². The molecule has 0 aliphatic heterocycles. The monoisotopic (exact) mass is 240 g/mol. The van der Waals surface area contributed by atoms with Crippen molar-refractivity contribution < 1.29 is 14.3 Å². The summed E-state index contributed by atoms with van der Waals surface area (Å²) in [5, 5.41) is 8.90. The number of carbonyl (C=O) groups is 1. The Morgan fingerprint density at radius 1 is 1.65 bits per heavy atom. The highest BCUT2D eigenvalue weighted by atomic mass is 16.4. The fraction of sp³-hybridized carbons (Fsp3) is 0.667. The highest BCUT2D eigenvalue weighted by Crippen LogP contribution is 2.29. The molecule has 0 aliphatic rings. The first kappa shape index (κ1) is 13.7. The van der Waals surface area contributed by atoms with Gasteiger partial charge in [0.15, 0.2) is 6.39 Å². The summed E-state index contributed by atoms with van der Waals surface area (Å²) in [4.78, 5) is 17.0. The van der Waals surface area contributed by atoms with Crippen LogP contribution >= 0.6 is 0 Å². The predicted molar refractivity (Wildman–Crippen MR) is 63.7 cm³/mol. The van der Waals surface area contributed by atoms with Crippen LogP contribution in [-0.2, 0) is 4.79 Å². The SMILES string of the molecule is Cc1ocnc1C(C)N(C)C(C)(C)CC(=O)O. The van der Waals surface area contributed by atoms with Gasteiger partial charge in [0.25, 0.3) is 0 Å². The van der Waals surface area contributed by atoms with Gasteiger partial charge in [-0.3, -0.25) is 9.69 Å². The maximum absolute atomic E-state index is 10.8. The van der Waals surface area contributed by atoms with E-state index in [1.54, 1.807) is 0 Å². The van der Waals surface area contributed by atoms with Crippen molar-refractivity contribution in [3.8, 4) is 0 Å². The maximum atomic E-state index is 10.8. The van der Waals surface area contributed by atoms with Gasteiger partial charge in [-0.1, -0.05) is 0 Å². The molecule has 0 saturated carbocycles. The Kier molecular flexibility index (Phi) is 3.93. The average molecular weight is 240 g/mol. The molecule has 0 radical (unpaired) electrons. The van der Waals surface area contributed by atoms with E-state index in [0.717, 1.165) is 11.5 Å². The van der Waals surface area contributed by atoms with E-state index < -0.39 is 11.5 Å². The molecule has 1 heterocycles. The number of hydrogen-bond acceptors (Lipinski definition) is 4. The van der Waals surface area contributed by atoms with Gasteiger partial charge in [-0.05, 0) is 34.7 Å². The van der Waals surface area contributed by atoms with Crippen LogP contribution in [0.1, 0.15) is 44.7 Å². The summed E-state index contributed by atoms with van der Waals surface area (Å²) < 4.78 is 5.18. The highest BCUT2D eigenvalue weighted by molar-refractivity contribution is 5.68. The van der Waals surface area contributed by atoms with Gasteiger partial charge >= 0.3 is 5.97 Å². The lowest BCUT2D eigenvalue weighted by Crippen LogP contribution is -2.44. The standard InChI is InChI=1S/C12H20N2O3/c1-8(11-9(2)17-7-13-11)14(5)12(3,4)6-10(15)16/h7-8H,6H2,1-5H3,(H,15,16). The maximum Gasteiger partial charge on any atom is 0.305 e. The smallest absolute Gasteiger partial charge is 0.305 e. The van der Waals surface area contributed by atoms with Crippen molar-refractivity contribution in [2.75, 3.05) is 7.05 Å². The molecule has 0 amide bonds. The van der Waals surface area contributed by atoms with E-state index in [2.05, 4.69) is 4.98 Å². The second-order valence-corrected chi connectivity index (χ2v) is 4.96. The summed E-state index contributed by atoms with van der Waals surface area (Å²) in [6, 6.07) is 0.0168. The zero-order chi connectivity index (χ0) is 13.2. The molecular formula is C12H20N2O3. The van der Waals surface area contributed by atoms with E-state index in [9.17, 15) is 4.79 Å². The zero-order valence-corrected chi connectivity index (χ0v) is 11.0. The first-order valence-electron chi connectivity index (χ1n) is 5.60. The molecule has 5 nitrogen and oxygen atoms in total. The van der Waals surface area contributed by atoms with Crippen molar-refractivity contribution >= 4 is 5.97 Å². The molecule has 1 unspecified atom stereocenters. The third kappa shape index (κ3) is 3.06. The van der Waals surface area contributed by atoms with E-state index in [4.69, 9.17) is 9.52 Å². The molecule has 1 rings (SSSR count). The Morgan fingerprint density at radius 3 is 2.65 bits per heavy atom. The lowest BCUT2D eigenvalue weighted by molar-refractivity contribution is -0.140. The average Bonchev–Trinajstić information content (AvgIpc) is 2.60. The molecule has 0 fully saturated rings. The van der Waals surface area contributed by atoms with Gasteiger partial charge in [0.1, 0.15) is 5.76 Å². The molecule has 1 N–H and O–H groups in total. The van der Waals surface area contributed by atoms with Crippen molar-refractivity contribution in [1.82, 2.24) is 9.88 Å². The topological polar surface area (TPSA) is 66.6 Å². The first-order chi connectivity index (χ1) is 7.75. The van der Waals surface area contributed by atoms with Gasteiger partial charge in [0.05, 0.1) is 18.2 Å². The van der Waals surface area contributed by atoms with Crippen LogP contribution in [0.5, 0.6) is 0 Å². The Morgan fingerprint density at radius 2 is 2.24 bits per heavy atom. The van der Waals surface area contributed by atoms with E-state index in [1.807, 2.05) is 39.6 Å². The van der Waals surface area contributed by atoms with Crippen LogP contribution in [0.2, 0.25) is 0 Å². The molecule has 0 aromatic carbocycles. The molecular weight excluding hydrogens is 220 g/mol. The molecule has 0 bridgehead atoms. The first-order valence-corrected chi connectivity index (χ1v) is 5.60. The van der Waals surface area contributed by atoms with E-state index in [-0.39, 0.29) is 12.5 Å². The number of nitrogens with zero attached hydrogens (tertiary/aromatic N) is 2. The Balaban J connectivity index is 2.86. The second-order valence-electron chi connectivity index (χ2n) is 4.96. The Bertz CT molecular complexity index is 398. The third-order valence-electron chi connectivity index (χ3n) is 3.30. The highest BCUT2D eigenvalue weighted by Gasteiger charge is 2.32. The lowest BCUT2D eigenvalue weighted by atomic mass is 9.96. The molecule has 0 aliphatic carbocycles. The van der Waals surface area contributed by atoms with Crippen molar-refractivity contribution in [1.29, 1.82) is 0 Å². The summed E-state index contributed by atoms with van der Waals surface area (Å²) in [6.07, 6.45) is 1.50. The normalized spacial score (nSPS) is 14.0. The largest absolute Gasteiger partial charge is 0.481 e. The number of aryl methyl sites for hydroxylation is 1. The van der Waals surface area contributed by atoms with Crippen LogP contribution in [0, 0.1) is 6.92 Å². The van der Waals surface area contributed by atoms with Crippen molar-refractivity contribution in [2.45, 2.75) is 45.7 Å². The summed E-state index contributed by atoms with van der Waals surface area (Å²) >= 11 is 0. The molecule has 1 aromatic rings. The Labute approximate surface area is 101 Å². The summed E-state index contributed by atoms with van der Waals surface area (Å²) in [5.41, 5.74) is 0.419. The zero-order valence-electron chi connectivity index (χ0n) is 11.0. The van der Waals surface area contributed by atoms with Crippen molar-refractivity contribution in [3.05, 3.63) is 17.8 Å². The number of aliphatic carboxylic acids is 1. The third-order valence-corrected chi connectivity index (χ3v) is 3.30. The molecule has 17 heavy (non-hydrogen) atoms. The molecule has 5 heteroatoms. The second kappa shape index (κ2) is 4.87. The minimum atomic E-state index is -0.800. The van der Waals surface area contributed by atoms with Gasteiger partial charge in [-0.2, -0.15) is 0 Å². The van der Waals surface area contributed by atoms with Gasteiger partial charge in [-0.25, -0.2) is 4.98 Å². The predicted octanol–water partition coefficient (Wildman–Crippen LogP) is 2.23. The van der Waals surface area contributed by atoms with Crippen LogP contribution in [-0.4, -0.2) is 33.5 Å². The lowest BCUT2D eigenvalue weighted by Gasteiger charge is -2.38. The fourth-order valence-electron chi connectivity index (χ4n) is 1.92.